The SMILES string of the molecule is OC[C@H]1CCCN1Cc1cc(Cl)ccc1Cl. The van der Waals surface area contributed by atoms with Gasteiger partial charge in [0.1, 0.15) is 0 Å². The van der Waals surface area contributed by atoms with E-state index in [9.17, 15) is 5.11 Å². The number of hydrogen-bond acceptors (Lipinski definition) is 2. The Bertz CT molecular complexity index is 370. The Labute approximate surface area is 106 Å². The summed E-state index contributed by atoms with van der Waals surface area (Å²) in [7, 11) is 0. The molecule has 2 nitrogen and oxygen atoms in total. The molecular weight excluding hydrogens is 245 g/mol. The fraction of sp³-hybridized carbons (Fsp3) is 0.500. The summed E-state index contributed by atoms with van der Waals surface area (Å²) in [5, 5.41) is 10.7. The van der Waals surface area contributed by atoms with E-state index in [0.717, 1.165) is 36.5 Å². The van der Waals surface area contributed by atoms with Gasteiger partial charge in [-0.3, -0.25) is 4.90 Å². The Hall–Kier alpha value is -0.280. The molecule has 1 aromatic carbocycles. The average Bonchev–Trinajstić information content (AvgIpc) is 2.71. The lowest BCUT2D eigenvalue weighted by atomic mass is 10.2. The first-order chi connectivity index (χ1) is 7.70. The zero-order valence-corrected chi connectivity index (χ0v) is 10.5. The van der Waals surface area contributed by atoms with Crippen molar-refractivity contribution in [1.82, 2.24) is 4.90 Å². The molecule has 0 saturated carbocycles. The maximum Gasteiger partial charge on any atom is 0.0587 e. The normalized spacial score (nSPS) is 21.6. The Kier molecular flexibility index (Phi) is 4.09. The quantitative estimate of drug-likeness (QED) is 0.903. The Balaban J connectivity index is 2.11. The van der Waals surface area contributed by atoms with E-state index in [1.807, 2.05) is 12.1 Å². The summed E-state index contributed by atoms with van der Waals surface area (Å²) in [6, 6.07) is 5.79. The molecule has 1 aliphatic heterocycles. The predicted molar refractivity (Wildman–Crippen MR) is 67.0 cm³/mol. The molecule has 16 heavy (non-hydrogen) atoms. The zero-order valence-electron chi connectivity index (χ0n) is 9.00. The molecule has 0 radical (unpaired) electrons. The van der Waals surface area contributed by atoms with Crippen LogP contribution in [0.25, 0.3) is 0 Å². The summed E-state index contributed by atoms with van der Waals surface area (Å²) in [6.07, 6.45) is 2.21. The number of likely N-dealkylation sites (tertiary alicyclic amines) is 1. The Morgan fingerprint density at radius 1 is 1.38 bits per heavy atom. The molecule has 1 saturated heterocycles. The van der Waals surface area contributed by atoms with Gasteiger partial charge in [-0.15, -0.1) is 0 Å². The maximum absolute atomic E-state index is 9.24. The summed E-state index contributed by atoms with van der Waals surface area (Å²) in [6.45, 7) is 2.01. The third-order valence-electron chi connectivity index (χ3n) is 3.09. The fourth-order valence-electron chi connectivity index (χ4n) is 2.19. The topological polar surface area (TPSA) is 23.5 Å². The van der Waals surface area contributed by atoms with Crippen LogP contribution in [0.5, 0.6) is 0 Å². The van der Waals surface area contributed by atoms with Gasteiger partial charge in [-0.05, 0) is 43.1 Å². The first-order valence-electron chi connectivity index (χ1n) is 5.49. The van der Waals surface area contributed by atoms with Crippen molar-refractivity contribution < 1.29 is 5.11 Å². The number of hydrogen-bond donors (Lipinski definition) is 1. The molecule has 0 amide bonds. The third-order valence-corrected chi connectivity index (χ3v) is 3.69. The molecule has 1 aromatic rings. The minimum atomic E-state index is 0.220. The second kappa shape index (κ2) is 5.37. The van der Waals surface area contributed by atoms with Crippen molar-refractivity contribution in [3.8, 4) is 0 Å². The van der Waals surface area contributed by atoms with E-state index in [4.69, 9.17) is 23.2 Å². The lowest BCUT2D eigenvalue weighted by Gasteiger charge is -2.23. The second-order valence-corrected chi connectivity index (χ2v) is 5.03. The first kappa shape index (κ1) is 12.2. The standard InChI is InChI=1S/C12H15Cl2NO/c13-10-3-4-12(14)9(6-10)7-15-5-1-2-11(15)8-16/h3-4,6,11,16H,1-2,5,7-8H2/t11-/m1/s1. The number of aliphatic hydroxyl groups excluding tert-OH is 1. The van der Waals surface area contributed by atoms with Crippen molar-refractivity contribution in [3.05, 3.63) is 33.8 Å². The number of halogens is 2. The highest BCUT2D eigenvalue weighted by atomic mass is 35.5. The lowest BCUT2D eigenvalue weighted by Crippen LogP contribution is -2.31. The maximum atomic E-state index is 9.24. The van der Waals surface area contributed by atoms with Crippen LogP contribution in [0, 0.1) is 0 Å². The molecule has 2 rings (SSSR count). The zero-order chi connectivity index (χ0) is 11.5. The van der Waals surface area contributed by atoms with Gasteiger partial charge < -0.3 is 5.11 Å². The predicted octanol–water partition coefficient (Wildman–Crippen LogP) is 2.95. The van der Waals surface area contributed by atoms with E-state index < -0.39 is 0 Å². The van der Waals surface area contributed by atoms with Gasteiger partial charge in [0.15, 0.2) is 0 Å². The molecule has 1 fully saturated rings. The monoisotopic (exact) mass is 259 g/mol. The highest BCUT2D eigenvalue weighted by molar-refractivity contribution is 6.33. The third kappa shape index (κ3) is 2.69. The van der Waals surface area contributed by atoms with Crippen LogP contribution < -0.4 is 0 Å². The molecule has 1 N–H and O–H groups in total. The summed E-state index contributed by atoms with van der Waals surface area (Å²) in [4.78, 5) is 2.26. The second-order valence-electron chi connectivity index (χ2n) is 4.18. The van der Waals surface area contributed by atoms with E-state index in [-0.39, 0.29) is 12.6 Å². The van der Waals surface area contributed by atoms with Crippen LogP contribution in [0.15, 0.2) is 18.2 Å². The fourth-order valence-corrected chi connectivity index (χ4v) is 2.57. The van der Waals surface area contributed by atoms with Crippen molar-refractivity contribution in [2.24, 2.45) is 0 Å². The van der Waals surface area contributed by atoms with Crippen LogP contribution >= 0.6 is 23.2 Å². The highest BCUT2D eigenvalue weighted by Crippen LogP contribution is 2.25. The molecule has 0 aliphatic carbocycles. The minimum Gasteiger partial charge on any atom is -0.395 e. The molecule has 1 heterocycles. The highest BCUT2D eigenvalue weighted by Gasteiger charge is 2.24. The summed E-state index contributed by atoms with van der Waals surface area (Å²) in [5.74, 6) is 0. The van der Waals surface area contributed by atoms with E-state index in [2.05, 4.69) is 4.90 Å². The molecule has 4 heteroatoms. The van der Waals surface area contributed by atoms with Crippen LogP contribution in [0.4, 0.5) is 0 Å². The molecule has 1 aliphatic rings. The summed E-state index contributed by atoms with van der Waals surface area (Å²) < 4.78 is 0. The van der Waals surface area contributed by atoms with Crippen molar-refractivity contribution in [3.63, 3.8) is 0 Å². The molecule has 0 aromatic heterocycles. The van der Waals surface area contributed by atoms with Crippen molar-refractivity contribution >= 4 is 23.2 Å². The summed E-state index contributed by atoms with van der Waals surface area (Å²) >= 11 is 12.1. The van der Waals surface area contributed by atoms with Crippen LogP contribution in [0.3, 0.4) is 0 Å². The van der Waals surface area contributed by atoms with Crippen LogP contribution in [0.2, 0.25) is 10.0 Å². The van der Waals surface area contributed by atoms with Gasteiger partial charge in [-0.1, -0.05) is 23.2 Å². The van der Waals surface area contributed by atoms with E-state index in [0.29, 0.717) is 5.02 Å². The van der Waals surface area contributed by atoms with E-state index in [1.54, 1.807) is 6.07 Å². The number of aliphatic hydroxyl groups is 1. The molecule has 1 atom stereocenters. The Morgan fingerprint density at radius 2 is 2.19 bits per heavy atom. The van der Waals surface area contributed by atoms with Crippen molar-refractivity contribution in [1.29, 1.82) is 0 Å². The molecule has 0 bridgehead atoms. The van der Waals surface area contributed by atoms with Gasteiger partial charge in [0.05, 0.1) is 6.61 Å². The van der Waals surface area contributed by atoms with Crippen molar-refractivity contribution in [2.75, 3.05) is 13.2 Å². The van der Waals surface area contributed by atoms with Gasteiger partial charge in [0, 0.05) is 22.6 Å². The van der Waals surface area contributed by atoms with Gasteiger partial charge in [-0.2, -0.15) is 0 Å². The minimum absolute atomic E-state index is 0.220. The van der Waals surface area contributed by atoms with Crippen LogP contribution in [0.1, 0.15) is 18.4 Å². The van der Waals surface area contributed by atoms with E-state index >= 15 is 0 Å². The van der Waals surface area contributed by atoms with Crippen LogP contribution in [-0.4, -0.2) is 29.2 Å². The Morgan fingerprint density at radius 3 is 2.94 bits per heavy atom. The van der Waals surface area contributed by atoms with Gasteiger partial charge in [-0.25, -0.2) is 0 Å². The van der Waals surface area contributed by atoms with Crippen LogP contribution in [-0.2, 0) is 6.54 Å². The van der Waals surface area contributed by atoms with E-state index in [1.165, 1.54) is 0 Å². The largest absolute Gasteiger partial charge is 0.395 e. The lowest BCUT2D eigenvalue weighted by molar-refractivity contribution is 0.153. The number of rotatable bonds is 3. The molecule has 0 unspecified atom stereocenters. The molecule has 0 spiro atoms. The van der Waals surface area contributed by atoms with Gasteiger partial charge >= 0.3 is 0 Å². The average molecular weight is 260 g/mol. The molecule has 88 valence electrons. The summed E-state index contributed by atoms with van der Waals surface area (Å²) in [5.41, 5.74) is 1.04. The molecular formula is C12H15Cl2NO. The number of benzene rings is 1. The van der Waals surface area contributed by atoms with Gasteiger partial charge in [0.25, 0.3) is 0 Å². The van der Waals surface area contributed by atoms with Crippen molar-refractivity contribution in [2.45, 2.75) is 25.4 Å². The first-order valence-corrected chi connectivity index (χ1v) is 6.25. The van der Waals surface area contributed by atoms with Gasteiger partial charge in [0.2, 0.25) is 0 Å². The smallest absolute Gasteiger partial charge is 0.0587 e. The number of nitrogens with zero attached hydrogens (tertiary/aromatic N) is 1.